The van der Waals surface area contributed by atoms with E-state index in [1.54, 1.807) is 4.68 Å². The predicted octanol–water partition coefficient (Wildman–Crippen LogP) is 2.68. The number of aromatic nitrogens is 3. The number of fused-ring (bicyclic) bond motifs is 2. The van der Waals surface area contributed by atoms with Crippen LogP contribution in [0.2, 0.25) is 0 Å². The van der Waals surface area contributed by atoms with Crippen molar-refractivity contribution in [3.8, 4) is 0 Å². The molecule has 0 aliphatic carbocycles. The number of pyridine rings is 1. The summed E-state index contributed by atoms with van der Waals surface area (Å²) in [4.78, 5) is 15.4. The molecule has 1 atom stereocenters. The Labute approximate surface area is 141 Å². The second kappa shape index (κ2) is 5.74. The molecule has 0 spiro atoms. The number of hydrogen-bond acceptors (Lipinski definition) is 3. The minimum Gasteiger partial charge on any atom is -0.338 e. The molecule has 0 N–H and O–H groups in total. The number of likely N-dealkylation sites (tertiary alicyclic amines) is 1. The maximum Gasteiger partial charge on any atom is 0.215 e. The predicted molar refractivity (Wildman–Crippen MR) is 97.5 cm³/mol. The van der Waals surface area contributed by atoms with Gasteiger partial charge in [-0.3, -0.25) is 9.48 Å². The van der Waals surface area contributed by atoms with E-state index in [0.717, 1.165) is 34.9 Å². The largest absolute Gasteiger partial charge is 0.338 e. The van der Waals surface area contributed by atoms with Crippen molar-refractivity contribution in [1.82, 2.24) is 19.2 Å². The van der Waals surface area contributed by atoms with Crippen LogP contribution in [0.25, 0.3) is 21.9 Å². The number of hydrogen-bond donors (Lipinski definition) is 0. The fourth-order valence-corrected chi connectivity index (χ4v) is 4.07. The molecule has 4 rings (SSSR count). The Kier molecular flexibility index (Phi) is 3.68. The molecule has 0 amide bonds. The van der Waals surface area contributed by atoms with Gasteiger partial charge in [0, 0.05) is 25.0 Å². The molecule has 1 aliphatic heterocycles. The van der Waals surface area contributed by atoms with Crippen molar-refractivity contribution >= 4 is 21.9 Å². The van der Waals surface area contributed by atoms with Crippen molar-refractivity contribution in [2.75, 3.05) is 13.6 Å². The minimum absolute atomic E-state index is 0.0814. The number of rotatable bonds is 3. The van der Waals surface area contributed by atoms with Crippen LogP contribution in [0.5, 0.6) is 0 Å². The molecule has 1 unspecified atom stereocenters. The first-order valence-corrected chi connectivity index (χ1v) is 8.71. The summed E-state index contributed by atoms with van der Waals surface area (Å²) in [5, 5.41) is 5.14. The third-order valence-corrected chi connectivity index (χ3v) is 5.47. The summed E-state index contributed by atoms with van der Waals surface area (Å²) in [7, 11) is 4.06. The normalized spacial score (nSPS) is 18.9. The first-order chi connectivity index (χ1) is 11.6. The third kappa shape index (κ3) is 2.35. The van der Waals surface area contributed by atoms with Gasteiger partial charge in [0.05, 0.1) is 17.2 Å². The first-order valence-electron chi connectivity index (χ1n) is 8.71. The van der Waals surface area contributed by atoms with E-state index in [-0.39, 0.29) is 5.43 Å². The van der Waals surface area contributed by atoms with Crippen LogP contribution < -0.4 is 5.43 Å². The summed E-state index contributed by atoms with van der Waals surface area (Å²) in [6.45, 7) is 4.14. The van der Waals surface area contributed by atoms with Crippen LogP contribution in [0.15, 0.2) is 29.2 Å². The van der Waals surface area contributed by atoms with Gasteiger partial charge in [-0.25, -0.2) is 0 Å². The average Bonchev–Trinajstić information content (AvgIpc) is 3.14. The van der Waals surface area contributed by atoms with E-state index >= 15 is 0 Å². The molecule has 0 bridgehead atoms. The lowest BCUT2D eigenvalue weighted by atomic mass is 10.1. The van der Waals surface area contributed by atoms with Crippen molar-refractivity contribution in [3.05, 3.63) is 40.2 Å². The molecule has 0 saturated carbocycles. The Balaban J connectivity index is 1.88. The lowest BCUT2D eigenvalue weighted by molar-refractivity contribution is 0.288. The highest BCUT2D eigenvalue weighted by molar-refractivity contribution is 5.92. The lowest BCUT2D eigenvalue weighted by Gasteiger charge is -2.21. The van der Waals surface area contributed by atoms with E-state index in [4.69, 9.17) is 0 Å². The van der Waals surface area contributed by atoms with Gasteiger partial charge in [-0.1, -0.05) is 11.6 Å². The lowest BCUT2D eigenvalue weighted by Crippen LogP contribution is -2.26. The second-order valence-corrected chi connectivity index (χ2v) is 7.07. The fourth-order valence-electron chi connectivity index (χ4n) is 4.07. The number of aryl methyl sites for hydroxylation is 3. The highest BCUT2D eigenvalue weighted by Crippen LogP contribution is 2.23. The molecular formula is C19H24N4O. The van der Waals surface area contributed by atoms with Crippen molar-refractivity contribution in [2.24, 2.45) is 7.05 Å². The first kappa shape index (κ1) is 15.4. The molecule has 5 nitrogen and oxygen atoms in total. The van der Waals surface area contributed by atoms with E-state index < -0.39 is 0 Å². The zero-order valence-electron chi connectivity index (χ0n) is 14.6. The molecule has 3 aromatic rings. The van der Waals surface area contributed by atoms with Crippen molar-refractivity contribution in [2.45, 2.75) is 38.8 Å². The van der Waals surface area contributed by atoms with Crippen LogP contribution in [0, 0.1) is 6.92 Å². The summed E-state index contributed by atoms with van der Waals surface area (Å²) in [5.74, 6) is 0. The van der Waals surface area contributed by atoms with E-state index in [0.29, 0.717) is 11.6 Å². The molecule has 2 aromatic heterocycles. The standard InChI is InChI=1S/C19H24N4O/c1-13-6-7-16-15(11-13)19(24)18-17(12-20-22(18)3)23(16)10-8-14-5-4-9-21(14)2/h6-7,11-12,14H,4-5,8-10H2,1-3H3. The molecular weight excluding hydrogens is 300 g/mol. The monoisotopic (exact) mass is 324 g/mol. The molecule has 1 saturated heterocycles. The van der Waals surface area contributed by atoms with Gasteiger partial charge in [0.25, 0.3) is 0 Å². The summed E-state index contributed by atoms with van der Waals surface area (Å²) >= 11 is 0. The van der Waals surface area contributed by atoms with E-state index in [1.165, 1.54) is 19.4 Å². The molecule has 1 aromatic carbocycles. The summed E-state index contributed by atoms with van der Waals surface area (Å²) < 4.78 is 3.99. The van der Waals surface area contributed by atoms with Gasteiger partial charge in [-0.05, 0) is 51.9 Å². The fraction of sp³-hybridized carbons (Fsp3) is 0.474. The van der Waals surface area contributed by atoms with Crippen molar-refractivity contribution in [1.29, 1.82) is 0 Å². The van der Waals surface area contributed by atoms with Crippen LogP contribution in [0.3, 0.4) is 0 Å². The maximum atomic E-state index is 12.9. The van der Waals surface area contributed by atoms with Crippen LogP contribution in [0.4, 0.5) is 0 Å². The van der Waals surface area contributed by atoms with Gasteiger partial charge < -0.3 is 9.47 Å². The van der Waals surface area contributed by atoms with E-state index in [9.17, 15) is 4.79 Å². The van der Waals surface area contributed by atoms with Crippen LogP contribution in [0.1, 0.15) is 24.8 Å². The topological polar surface area (TPSA) is 43.1 Å². The molecule has 3 heterocycles. The van der Waals surface area contributed by atoms with Gasteiger partial charge in [-0.2, -0.15) is 5.10 Å². The van der Waals surface area contributed by atoms with Gasteiger partial charge in [0.1, 0.15) is 5.52 Å². The van der Waals surface area contributed by atoms with E-state index in [1.807, 2.05) is 26.2 Å². The quantitative estimate of drug-likeness (QED) is 0.744. The summed E-state index contributed by atoms with van der Waals surface area (Å²) in [5.41, 5.74) is 3.86. The molecule has 5 heteroatoms. The van der Waals surface area contributed by atoms with Crippen LogP contribution >= 0.6 is 0 Å². The van der Waals surface area contributed by atoms with Crippen molar-refractivity contribution < 1.29 is 0 Å². The summed E-state index contributed by atoms with van der Waals surface area (Å²) in [6, 6.07) is 6.80. The molecule has 1 fully saturated rings. The smallest absolute Gasteiger partial charge is 0.215 e. The average molecular weight is 324 g/mol. The van der Waals surface area contributed by atoms with E-state index in [2.05, 4.69) is 33.7 Å². The molecule has 1 aliphatic rings. The van der Waals surface area contributed by atoms with Gasteiger partial charge in [0.2, 0.25) is 5.43 Å². The van der Waals surface area contributed by atoms with Gasteiger partial charge in [0.15, 0.2) is 0 Å². The molecule has 24 heavy (non-hydrogen) atoms. The highest BCUT2D eigenvalue weighted by Gasteiger charge is 2.21. The Bertz CT molecular complexity index is 969. The number of nitrogens with zero attached hydrogens (tertiary/aromatic N) is 4. The molecule has 0 radical (unpaired) electrons. The summed E-state index contributed by atoms with van der Waals surface area (Å²) in [6.07, 6.45) is 5.48. The van der Waals surface area contributed by atoms with Gasteiger partial charge in [-0.15, -0.1) is 0 Å². The Morgan fingerprint density at radius 2 is 2.08 bits per heavy atom. The Morgan fingerprint density at radius 3 is 2.83 bits per heavy atom. The Morgan fingerprint density at radius 1 is 1.25 bits per heavy atom. The van der Waals surface area contributed by atoms with Crippen LogP contribution in [-0.4, -0.2) is 38.9 Å². The van der Waals surface area contributed by atoms with Crippen LogP contribution in [-0.2, 0) is 13.6 Å². The number of benzene rings is 1. The second-order valence-electron chi connectivity index (χ2n) is 7.07. The maximum absolute atomic E-state index is 12.9. The van der Waals surface area contributed by atoms with Crippen molar-refractivity contribution in [3.63, 3.8) is 0 Å². The third-order valence-electron chi connectivity index (χ3n) is 5.47. The SMILES string of the molecule is Cc1ccc2c(c1)c(=O)c1c(cnn1C)n2CCC1CCCN1C. The zero-order valence-corrected chi connectivity index (χ0v) is 14.6. The molecule has 126 valence electrons. The Hall–Kier alpha value is -2.14. The highest BCUT2D eigenvalue weighted by atomic mass is 16.1. The van der Waals surface area contributed by atoms with Gasteiger partial charge >= 0.3 is 0 Å². The minimum atomic E-state index is 0.0814. The zero-order chi connectivity index (χ0) is 16.8.